The number of Topliss-reactive ketones (excluding diaryl/α,β-unsaturated/α-hetero) is 1. The molecule has 0 N–H and O–H groups in total. The molecule has 0 radical (unpaired) electrons. The zero-order valence-electron chi connectivity index (χ0n) is 7.70. The van der Waals surface area contributed by atoms with Crippen LogP contribution in [0.3, 0.4) is 0 Å². The van der Waals surface area contributed by atoms with E-state index in [2.05, 4.69) is 12.2 Å². The van der Waals surface area contributed by atoms with E-state index in [-0.39, 0.29) is 0 Å². The summed E-state index contributed by atoms with van der Waals surface area (Å²) in [7, 11) is 0. The van der Waals surface area contributed by atoms with E-state index in [9.17, 15) is 4.79 Å². The number of fused-ring (bicyclic) bond motifs is 4. The van der Waals surface area contributed by atoms with Gasteiger partial charge in [-0.1, -0.05) is 12.2 Å². The lowest BCUT2D eigenvalue weighted by Gasteiger charge is -2.35. The Morgan fingerprint density at radius 3 is 2.08 bits per heavy atom. The Bertz CT molecular complexity index is 298. The first kappa shape index (κ1) is 6.80. The summed E-state index contributed by atoms with van der Waals surface area (Å²) in [6, 6.07) is 0. The third kappa shape index (κ3) is 0.562. The fourth-order valence-corrected chi connectivity index (χ4v) is 4.36. The summed E-state index contributed by atoms with van der Waals surface area (Å²) in [6.45, 7) is 0. The van der Waals surface area contributed by atoms with Gasteiger partial charge in [-0.2, -0.15) is 0 Å². The van der Waals surface area contributed by atoms with Crippen LogP contribution >= 0.6 is 0 Å². The Balaban J connectivity index is 1.91. The molecule has 4 aliphatic rings. The van der Waals surface area contributed by atoms with Crippen LogP contribution in [0.15, 0.2) is 12.2 Å². The predicted molar refractivity (Wildman–Crippen MR) is 49.0 cm³/mol. The molecule has 2 unspecified atom stereocenters. The molecule has 0 aromatic rings. The van der Waals surface area contributed by atoms with Gasteiger partial charge in [0.05, 0.1) is 0 Å². The zero-order valence-corrected chi connectivity index (χ0v) is 7.70. The minimum absolute atomic E-state index is 0.433. The lowest BCUT2D eigenvalue weighted by atomic mass is 9.67. The summed E-state index contributed by atoms with van der Waals surface area (Å²) in [5, 5.41) is 0. The number of carbonyl (C=O) groups excluding carboxylic acids is 1. The molecule has 0 aliphatic heterocycles. The van der Waals surface area contributed by atoms with Gasteiger partial charge >= 0.3 is 0 Å². The number of hydrogen-bond acceptors (Lipinski definition) is 1. The van der Waals surface area contributed by atoms with Crippen molar-refractivity contribution in [1.82, 2.24) is 0 Å². The van der Waals surface area contributed by atoms with Crippen LogP contribution in [0.5, 0.6) is 0 Å². The second-order valence-corrected chi connectivity index (χ2v) is 5.36. The first-order valence-electron chi connectivity index (χ1n) is 5.55. The first-order valence-corrected chi connectivity index (χ1v) is 5.55. The molecule has 4 atom stereocenters. The Kier molecular flexibility index (Phi) is 0.928. The van der Waals surface area contributed by atoms with Crippen molar-refractivity contribution in [2.75, 3.05) is 0 Å². The summed E-state index contributed by atoms with van der Waals surface area (Å²) in [5.41, 5.74) is 0.611. The maximum Gasteiger partial charge on any atom is 0.140 e. The van der Waals surface area contributed by atoms with Crippen LogP contribution in [0.1, 0.15) is 25.7 Å². The monoisotopic (exact) mass is 174 g/mol. The van der Waals surface area contributed by atoms with E-state index in [1.165, 1.54) is 25.7 Å². The Morgan fingerprint density at radius 2 is 1.62 bits per heavy atom. The minimum Gasteiger partial charge on any atom is -0.299 e. The van der Waals surface area contributed by atoms with E-state index < -0.39 is 0 Å². The average molecular weight is 174 g/mol. The van der Waals surface area contributed by atoms with Gasteiger partial charge in [0.25, 0.3) is 0 Å². The highest BCUT2D eigenvalue weighted by Gasteiger charge is 2.66. The van der Waals surface area contributed by atoms with Crippen LogP contribution in [0, 0.1) is 29.1 Å². The Labute approximate surface area is 78.2 Å². The molecule has 0 aromatic heterocycles. The molecule has 3 fully saturated rings. The van der Waals surface area contributed by atoms with Crippen LogP contribution in [-0.4, -0.2) is 5.78 Å². The standard InChI is InChI=1S/C12H14O/c13-11-7-1-2-8(11)10-4-3-9(7)12(10)5-6-12/h3-4,7-10H,1-2,5-6H2/t7?,8?,9-,10+. The van der Waals surface area contributed by atoms with Gasteiger partial charge in [-0.15, -0.1) is 0 Å². The molecule has 1 nitrogen and oxygen atoms in total. The lowest BCUT2D eigenvalue weighted by Crippen LogP contribution is -2.38. The van der Waals surface area contributed by atoms with Gasteiger partial charge in [-0.3, -0.25) is 4.79 Å². The van der Waals surface area contributed by atoms with Crippen molar-refractivity contribution in [3.63, 3.8) is 0 Å². The summed E-state index contributed by atoms with van der Waals surface area (Å²) >= 11 is 0. The lowest BCUT2D eigenvalue weighted by molar-refractivity contribution is -0.130. The number of ketones is 1. The SMILES string of the molecule is O=C1C2CCC1[C@@H]1C=C[C@H]2C12CC2. The molecule has 13 heavy (non-hydrogen) atoms. The Hall–Kier alpha value is -0.590. The zero-order chi connectivity index (χ0) is 8.63. The van der Waals surface area contributed by atoms with Crippen molar-refractivity contribution in [2.45, 2.75) is 25.7 Å². The highest BCUT2D eigenvalue weighted by Crippen LogP contribution is 2.71. The summed E-state index contributed by atoms with van der Waals surface area (Å²) in [5.74, 6) is 2.79. The molecule has 0 aromatic carbocycles. The number of allylic oxidation sites excluding steroid dienone is 2. The largest absolute Gasteiger partial charge is 0.299 e. The minimum atomic E-state index is 0.433. The topological polar surface area (TPSA) is 17.1 Å². The molecular formula is C12H14O. The van der Waals surface area contributed by atoms with E-state index in [1.807, 2.05) is 0 Å². The van der Waals surface area contributed by atoms with Crippen molar-refractivity contribution in [3.8, 4) is 0 Å². The van der Waals surface area contributed by atoms with Gasteiger partial charge < -0.3 is 0 Å². The van der Waals surface area contributed by atoms with E-state index in [4.69, 9.17) is 0 Å². The van der Waals surface area contributed by atoms with Gasteiger partial charge in [-0.25, -0.2) is 0 Å². The Morgan fingerprint density at radius 1 is 1.08 bits per heavy atom. The van der Waals surface area contributed by atoms with Crippen LogP contribution in [0.4, 0.5) is 0 Å². The van der Waals surface area contributed by atoms with Crippen LogP contribution < -0.4 is 0 Å². The third-order valence-corrected chi connectivity index (χ3v) is 5.07. The summed E-state index contributed by atoms with van der Waals surface area (Å²) in [6.07, 6.45) is 9.93. The van der Waals surface area contributed by atoms with Crippen LogP contribution in [-0.2, 0) is 4.79 Å². The van der Waals surface area contributed by atoms with Crippen molar-refractivity contribution in [2.24, 2.45) is 29.1 Å². The summed E-state index contributed by atoms with van der Waals surface area (Å²) in [4.78, 5) is 11.9. The molecule has 4 rings (SSSR count). The first-order chi connectivity index (χ1) is 6.33. The van der Waals surface area contributed by atoms with Crippen molar-refractivity contribution >= 4 is 5.78 Å². The van der Waals surface area contributed by atoms with Crippen molar-refractivity contribution in [1.29, 1.82) is 0 Å². The van der Waals surface area contributed by atoms with Gasteiger partial charge in [0.15, 0.2) is 0 Å². The molecule has 3 saturated carbocycles. The van der Waals surface area contributed by atoms with Crippen molar-refractivity contribution in [3.05, 3.63) is 12.2 Å². The number of hydrogen-bond donors (Lipinski definition) is 0. The highest BCUT2D eigenvalue weighted by molar-refractivity contribution is 5.88. The maximum absolute atomic E-state index is 11.9. The molecular weight excluding hydrogens is 160 g/mol. The smallest absolute Gasteiger partial charge is 0.140 e. The van der Waals surface area contributed by atoms with Crippen molar-refractivity contribution < 1.29 is 4.79 Å². The summed E-state index contributed by atoms with van der Waals surface area (Å²) < 4.78 is 0. The van der Waals surface area contributed by atoms with E-state index >= 15 is 0 Å². The number of rotatable bonds is 0. The quantitative estimate of drug-likeness (QED) is 0.514. The molecule has 4 bridgehead atoms. The van der Waals surface area contributed by atoms with E-state index in [1.54, 1.807) is 0 Å². The van der Waals surface area contributed by atoms with Crippen LogP contribution in [0.2, 0.25) is 0 Å². The fourth-order valence-electron chi connectivity index (χ4n) is 4.36. The molecule has 4 aliphatic carbocycles. The van der Waals surface area contributed by atoms with Gasteiger partial charge in [0.1, 0.15) is 5.78 Å². The molecule has 1 spiro atoms. The number of carbonyl (C=O) groups is 1. The fraction of sp³-hybridized carbons (Fsp3) is 0.750. The van der Waals surface area contributed by atoms with Crippen LogP contribution in [0.25, 0.3) is 0 Å². The normalized spacial score (nSPS) is 53.4. The molecule has 68 valence electrons. The van der Waals surface area contributed by atoms with E-state index in [0.717, 1.165) is 0 Å². The second-order valence-electron chi connectivity index (χ2n) is 5.36. The highest BCUT2D eigenvalue weighted by atomic mass is 16.1. The van der Waals surface area contributed by atoms with Gasteiger partial charge in [0.2, 0.25) is 0 Å². The molecule has 0 saturated heterocycles. The third-order valence-electron chi connectivity index (χ3n) is 5.07. The predicted octanol–water partition coefficient (Wildman–Crippen LogP) is 2.18. The van der Waals surface area contributed by atoms with E-state index in [0.29, 0.717) is 34.9 Å². The molecule has 0 amide bonds. The van der Waals surface area contributed by atoms with Gasteiger partial charge in [-0.05, 0) is 42.9 Å². The second kappa shape index (κ2) is 1.77. The molecule has 1 heteroatoms. The average Bonchev–Trinajstić information content (AvgIpc) is 2.68. The van der Waals surface area contributed by atoms with Gasteiger partial charge in [0, 0.05) is 11.8 Å². The maximum atomic E-state index is 11.9. The molecule has 0 heterocycles.